The van der Waals surface area contributed by atoms with E-state index < -0.39 is 12.0 Å². The zero-order valence-corrected chi connectivity index (χ0v) is 9.84. The summed E-state index contributed by atoms with van der Waals surface area (Å²) in [7, 11) is 1.43. The number of hydrogen-bond acceptors (Lipinski definition) is 5. The highest BCUT2D eigenvalue weighted by atomic mass is 16.5. The van der Waals surface area contributed by atoms with Crippen LogP contribution >= 0.6 is 0 Å². The topological polar surface area (TPSA) is 113 Å². The van der Waals surface area contributed by atoms with E-state index in [1.807, 2.05) is 0 Å². The Bertz CT molecular complexity index is 424. The van der Waals surface area contributed by atoms with Gasteiger partial charge in [-0.1, -0.05) is 0 Å². The van der Waals surface area contributed by atoms with E-state index in [0.29, 0.717) is 12.1 Å². The molecule has 1 aromatic heterocycles. The number of amides is 2. The van der Waals surface area contributed by atoms with Crippen molar-refractivity contribution in [3.8, 4) is 5.88 Å². The molecule has 0 aromatic carbocycles. The van der Waals surface area contributed by atoms with Crippen LogP contribution in [0.25, 0.3) is 0 Å². The number of aromatic nitrogens is 2. The van der Waals surface area contributed by atoms with Gasteiger partial charge in [0.2, 0.25) is 5.88 Å². The van der Waals surface area contributed by atoms with Crippen LogP contribution < -0.4 is 15.4 Å². The van der Waals surface area contributed by atoms with E-state index in [1.54, 1.807) is 0 Å². The second-order valence-corrected chi connectivity index (χ2v) is 3.32. The Kier molecular flexibility index (Phi) is 5.36. The molecule has 0 unspecified atom stereocenters. The molecular formula is C10H14N4O4. The molecule has 0 saturated carbocycles. The van der Waals surface area contributed by atoms with E-state index in [9.17, 15) is 9.59 Å². The number of carbonyl (C=O) groups is 2. The highest BCUT2D eigenvalue weighted by Gasteiger charge is 2.07. The van der Waals surface area contributed by atoms with Gasteiger partial charge in [-0.3, -0.25) is 4.79 Å². The van der Waals surface area contributed by atoms with E-state index in [4.69, 9.17) is 9.84 Å². The van der Waals surface area contributed by atoms with Crippen molar-refractivity contribution in [2.45, 2.75) is 12.8 Å². The van der Waals surface area contributed by atoms with E-state index >= 15 is 0 Å². The fourth-order valence-corrected chi connectivity index (χ4v) is 1.17. The van der Waals surface area contributed by atoms with Crippen LogP contribution in [0.15, 0.2) is 12.5 Å². The van der Waals surface area contributed by atoms with Gasteiger partial charge in [-0.15, -0.1) is 0 Å². The Labute approximate surface area is 103 Å². The van der Waals surface area contributed by atoms with Crippen LogP contribution in [0.3, 0.4) is 0 Å². The van der Waals surface area contributed by atoms with Crippen molar-refractivity contribution in [3.05, 3.63) is 12.5 Å². The normalized spacial score (nSPS) is 9.61. The molecule has 1 heterocycles. The van der Waals surface area contributed by atoms with Gasteiger partial charge in [-0.25, -0.2) is 9.78 Å². The summed E-state index contributed by atoms with van der Waals surface area (Å²) in [4.78, 5) is 29.3. The molecule has 8 heteroatoms. The Morgan fingerprint density at radius 2 is 2.28 bits per heavy atom. The average molecular weight is 254 g/mol. The Hall–Kier alpha value is -2.38. The smallest absolute Gasteiger partial charge is 0.319 e. The van der Waals surface area contributed by atoms with Gasteiger partial charge < -0.3 is 20.5 Å². The molecule has 0 aliphatic heterocycles. The van der Waals surface area contributed by atoms with Crippen LogP contribution in [0.4, 0.5) is 10.5 Å². The molecule has 2 amide bonds. The van der Waals surface area contributed by atoms with Crippen LogP contribution in [0, 0.1) is 0 Å². The first kappa shape index (κ1) is 13.7. The number of nitrogens with one attached hydrogen (secondary N) is 2. The third-order valence-corrected chi connectivity index (χ3v) is 1.97. The summed E-state index contributed by atoms with van der Waals surface area (Å²) in [5, 5.41) is 13.4. The monoisotopic (exact) mass is 254 g/mol. The quantitative estimate of drug-likeness (QED) is 0.636. The maximum atomic E-state index is 11.4. The van der Waals surface area contributed by atoms with Gasteiger partial charge in [0.1, 0.15) is 12.0 Å². The van der Waals surface area contributed by atoms with Crippen molar-refractivity contribution in [1.29, 1.82) is 0 Å². The maximum absolute atomic E-state index is 11.4. The summed E-state index contributed by atoms with van der Waals surface area (Å²) in [5.41, 5.74) is 0.343. The van der Waals surface area contributed by atoms with Gasteiger partial charge >= 0.3 is 12.0 Å². The van der Waals surface area contributed by atoms with Crippen LogP contribution in [-0.4, -0.2) is 40.7 Å². The summed E-state index contributed by atoms with van der Waals surface area (Å²) >= 11 is 0. The summed E-state index contributed by atoms with van der Waals surface area (Å²) in [5.74, 6) is -0.638. The average Bonchev–Trinajstić information content (AvgIpc) is 2.35. The largest absolute Gasteiger partial charge is 0.481 e. The molecule has 0 spiro atoms. The molecule has 0 bridgehead atoms. The molecule has 1 aromatic rings. The third-order valence-electron chi connectivity index (χ3n) is 1.97. The number of methoxy groups -OCH3 is 1. The van der Waals surface area contributed by atoms with Gasteiger partial charge in [0.15, 0.2) is 0 Å². The zero-order valence-electron chi connectivity index (χ0n) is 9.84. The number of anilines is 1. The number of carbonyl (C=O) groups excluding carboxylic acids is 1. The van der Waals surface area contributed by atoms with E-state index in [-0.39, 0.29) is 18.8 Å². The summed E-state index contributed by atoms with van der Waals surface area (Å²) in [6, 6.07) is -0.464. The van der Waals surface area contributed by atoms with Crippen molar-refractivity contribution >= 4 is 17.7 Å². The predicted octanol–water partition coefficient (Wildman–Crippen LogP) is 0.471. The van der Waals surface area contributed by atoms with Crippen LogP contribution in [0.2, 0.25) is 0 Å². The predicted molar refractivity (Wildman–Crippen MR) is 62.5 cm³/mol. The first-order valence-electron chi connectivity index (χ1n) is 5.24. The minimum Gasteiger partial charge on any atom is -0.481 e. The third kappa shape index (κ3) is 4.64. The highest BCUT2D eigenvalue weighted by Crippen LogP contribution is 2.17. The number of hydrogen-bond donors (Lipinski definition) is 3. The van der Waals surface area contributed by atoms with Gasteiger partial charge in [0.25, 0.3) is 0 Å². The molecule has 18 heavy (non-hydrogen) atoms. The summed E-state index contributed by atoms with van der Waals surface area (Å²) in [6.07, 6.45) is 3.08. The molecule has 0 radical (unpaired) electrons. The lowest BCUT2D eigenvalue weighted by Gasteiger charge is -2.08. The van der Waals surface area contributed by atoms with Gasteiger partial charge in [-0.2, -0.15) is 4.98 Å². The highest BCUT2D eigenvalue weighted by molar-refractivity contribution is 5.90. The lowest BCUT2D eigenvalue weighted by Crippen LogP contribution is -2.30. The number of carboxylic acid groups (broad SMARTS) is 1. The van der Waals surface area contributed by atoms with Crippen molar-refractivity contribution < 1.29 is 19.4 Å². The summed E-state index contributed by atoms with van der Waals surface area (Å²) in [6.45, 7) is 0.272. The number of urea groups is 1. The Morgan fingerprint density at radius 3 is 2.94 bits per heavy atom. The zero-order chi connectivity index (χ0) is 13.4. The molecule has 0 fully saturated rings. The standard InChI is InChI=1S/C10H14N4O4/c1-18-9-7(5-11-6-13-9)14-10(17)12-4-2-3-8(15)16/h5-6H,2-4H2,1H3,(H,15,16)(H2,12,14,17). The first-order valence-corrected chi connectivity index (χ1v) is 5.24. The fourth-order valence-electron chi connectivity index (χ4n) is 1.17. The Morgan fingerprint density at radius 1 is 1.50 bits per heavy atom. The lowest BCUT2D eigenvalue weighted by molar-refractivity contribution is -0.137. The molecule has 0 aliphatic carbocycles. The molecule has 0 saturated heterocycles. The van der Waals surface area contributed by atoms with Gasteiger partial charge in [0, 0.05) is 13.0 Å². The first-order chi connectivity index (χ1) is 8.63. The lowest BCUT2D eigenvalue weighted by atomic mass is 10.3. The number of carboxylic acids is 1. The van der Waals surface area contributed by atoms with Crippen molar-refractivity contribution in [1.82, 2.24) is 15.3 Å². The molecule has 0 atom stereocenters. The second-order valence-electron chi connectivity index (χ2n) is 3.32. The van der Waals surface area contributed by atoms with Gasteiger partial charge in [0.05, 0.1) is 13.3 Å². The molecular weight excluding hydrogens is 240 g/mol. The van der Waals surface area contributed by atoms with Crippen LogP contribution in [0.1, 0.15) is 12.8 Å². The minimum absolute atomic E-state index is 0.0120. The number of ether oxygens (including phenoxy) is 1. The van der Waals surface area contributed by atoms with Crippen molar-refractivity contribution in [3.63, 3.8) is 0 Å². The van der Waals surface area contributed by atoms with Crippen LogP contribution in [0.5, 0.6) is 5.88 Å². The number of nitrogens with zero attached hydrogens (tertiary/aromatic N) is 2. The van der Waals surface area contributed by atoms with Gasteiger partial charge in [-0.05, 0) is 6.42 Å². The van der Waals surface area contributed by atoms with E-state index in [2.05, 4.69) is 20.6 Å². The molecule has 98 valence electrons. The minimum atomic E-state index is -0.893. The number of aliphatic carboxylic acids is 1. The fraction of sp³-hybridized carbons (Fsp3) is 0.400. The Balaban J connectivity index is 2.37. The van der Waals surface area contributed by atoms with E-state index in [1.165, 1.54) is 19.6 Å². The molecule has 1 rings (SSSR count). The van der Waals surface area contributed by atoms with Crippen molar-refractivity contribution in [2.24, 2.45) is 0 Å². The second kappa shape index (κ2) is 7.05. The molecule has 8 nitrogen and oxygen atoms in total. The number of rotatable bonds is 6. The maximum Gasteiger partial charge on any atom is 0.319 e. The van der Waals surface area contributed by atoms with E-state index in [0.717, 1.165) is 0 Å². The molecule has 0 aliphatic rings. The summed E-state index contributed by atoms with van der Waals surface area (Å²) < 4.78 is 4.93. The molecule has 3 N–H and O–H groups in total. The van der Waals surface area contributed by atoms with Crippen LogP contribution in [-0.2, 0) is 4.79 Å². The SMILES string of the molecule is COc1ncncc1NC(=O)NCCCC(=O)O. The van der Waals surface area contributed by atoms with Crippen molar-refractivity contribution in [2.75, 3.05) is 19.0 Å².